The van der Waals surface area contributed by atoms with E-state index in [-0.39, 0.29) is 17.5 Å². The van der Waals surface area contributed by atoms with Gasteiger partial charge in [0.15, 0.2) is 0 Å². The number of ether oxygens (including phenoxy) is 2. The van der Waals surface area contributed by atoms with Gasteiger partial charge in [-0.25, -0.2) is 13.2 Å². The fourth-order valence-corrected chi connectivity index (χ4v) is 4.98. The van der Waals surface area contributed by atoms with Crippen LogP contribution >= 0.6 is 0 Å². The van der Waals surface area contributed by atoms with Gasteiger partial charge in [-0.15, -0.1) is 0 Å². The van der Waals surface area contributed by atoms with E-state index in [1.165, 1.54) is 10.4 Å². The van der Waals surface area contributed by atoms with Crippen LogP contribution in [0.25, 0.3) is 0 Å². The molecule has 2 heterocycles. The fourth-order valence-electron chi connectivity index (χ4n) is 3.49. The smallest absolute Gasteiger partial charge is 0.339 e. The van der Waals surface area contributed by atoms with Crippen molar-refractivity contribution in [3.05, 3.63) is 82.4 Å². The van der Waals surface area contributed by atoms with Gasteiger partial charge < -0.3 is 13.9 Å². The van der Waals surface area contributed by atoms with Gasteiger partial charge in [-0.3, -0.25) is 0 Å². The lowest BCUT2D eigenvalue weighted by atomic mass is 10.2. The highest BCUT2D eigenvalue weighted by Crippen LogP contribution is 2.27. The van der Waals surface area contributed by atoms with Crippen molar-refractivity contribution in [2.24, 2.45) is 0 Å². The Bertz CT molecular complexity index is 1230. The molecule has 8 heteroatoms. The average Bonchev–Trinajstić information content (AvgIpc) is 3.17. The molecule has 1 aliphatic rings. The Kier molecular flexibility index (Phi) is 5.84. The molecular weight excluding hydrogens is 418 g/mol. The second kappa shape index (κ2) is 8.56. The van der Waals surface area contributed by atoms with Crippen LogP contribution in [-0.4, -0.2) is 31.9 Å². The zero-order chi connectivity index (χ0) is 22.0. The van der Waals surface area contributed by atoms with Crippen LogP contribution < -0.4 is 15.1 Å². The normalized spacial score (nSPS) is 16.9. The molecule has 4 rings (SSSR count). The number of hydrogen-bond donors (Lipinski definition) is 0. The second-order valence-electron chi connectivity index (χ2n) is 7.50. The minimum Gasteiger partial charge on any atom is -0.489 e. The first-order chi connectivity index (χ1) is 14.8. The number of hydrogen-bond acceptors (Lipinski definition) is 6. The zero-order valence-corrected chi connectivity index (χ0v) is 18.1. The number of aryl methyl sites for hydroxylation is 2. The van der Waals surface area contributed by atoms with Crippen LogP contribution in [0.4, 0.5) is 0 Å². The van der Waals surface area contributed by atoms with E-state index in [1.807, 2.05) is 31.2 Å². The number of rotatable bonds is 6. The van der Waals surface area contributed by atoms with E-state index in [9.17, 15) is 13.2 Å². The van der Waals surface area contributed by atoms with Crippen molar-refractivity contribution in [2.75, 3.05) is 13.1 Å². The summed E-state index contributed by atoms with van der Waals surface area (Å²) in [5.74, 6) is 2.08. The molecule has 0 amide bonds. The SMILES string of the molecule is Cc1cccc(Oc2ccc(S(=O)(=O)N3CCC(Oc4cc(C)oc(=O)c4)C3)cc2)c1. The molecule has 0 spiro atoms. The summed E-state index contributed by atoms with van der Waals surface area (Å²) in [6.45, 7) is 4.19. The largest absolute Gasteiger partial charge is 0.489 e. The molecule has 1 unspecified atom stereocenters. The summed E-state index contributed by atoms with van der Waals surface area (Å²) in [6, 6.07) is 16.9. The van der Waals surface area contributed by atoms with Crippen LogP contribution in [0.5, 0.6) is 17.2 Å². The summed E-state index contributed by atoms with van der Waals surface area (Å²) in [4.78, 5) is 11.7. The molecule has 162 valence electrons. The molecule has 1 fully saturated rings. The standard InChI is InChI=1S/C23H23NO6S/c1-16-4-3-5-19(12-16)29-18-6-8-22(9-7-18)31(26,27)24-11-10-20(15-24)30-21-13-17(2)28-23(25)14-21/h3-9,12-14,20H,10-11,15H2,1-2H3. The van der Waals surface area contributed by atoms with E-state index in [0.717, 1.165) is 5.56 Å². The molecule has 1 aromatic heterocycles. The predicted octanol–water partition coefficient (Wildman–Crippen LogP) is 3.89. The molecule has 0 bridgehead atoms. The quantitative estimate of drug-likeness (QED) is 0.577. The van der Waals surface area contributed by atoms with Crippen LogP contribution in [0.3, 0.4) is 0 Å². The van der Waals surface area contributed by atoms with Crippen molar-refractivity contribution in [1.29, 1.82) is 0 Å². The second-order valence-corrected chi connectivity index (χ2v) is 9.44. The Morgan fingerprint density at radius 1 is 0.968 bits per heavy atom. The van der Waals surface area contributed by atoms with Gasteiger partial charge in [-0.2, -0.15) is 4.31 Å². The molecule has 1 saturated heterocycles. The number of benzene rings is 2. The summed E-state index contributed by atoms with van der Waals surface area (Å²) >= 11 is 0. The first kappa shape index (κ1) is 21.1. The summed E-state index contributed by atoms with van der Waals surface area (Å²) in [5.41, 5.74) is 0.583. The predicted molar refractivity (Wildman–Crippen MR) is 115 cm³/mol. The van der Waals surface area contributed by atoms with Crippen molar-refractivity contribution in [3.8, 4) is 17.2 Å². The molecule has 1 aliphatic heterocycles. The van der Waals surface area contributed by atoms with Crippen molar-refractivity contribution >= 4 is 10.0 Å². The molecule has 0 radical (unpaired) electrons. The maximum Gasteiger partial charge on any atom is 0.339 e. The Morgan fingerprint density at radius 3 is 2.45 bits per heavy atom. The van der Waals surface area contributed by atoms with Gasteiger partial charge in [0.05, 0.1) is 17.5 Å². The van der Waals surface area contributed by atoms with Crippen LogP contribution in [0.15, 0.2) is 74.8 Å². The van der Waals surface area contributed by atoms with Gasteiger partial charge in [0.1, 0.15) is 29.1 Å². The summed E-state index contributed by atoms with van der Waals surface area (Å²) in [6.07, 6.45) is 0.201. The highest BCUT2D eigenvalue weighted by molar-refractivity contribution is 7.89. The average molecular weight is 442 g/mol. The highest BCUT2D eigenvalue weighted by atomic mass is 32.2. The van der Waals surface area contributed by atoms with Crippen LogP contribution in [0.1, 0.15) is 17.7 Å². The molecule has 0 N–H and O–H groups in total. The van der Waals surface area contributed by atoms with E-state index >= 15 is 0 Å². The van der Waals surface area contributed by atoms with Gasteiger partial charge in [0.2, 0.25) is 10.0 Å². The van der Waals surface area contributed by atoms with Crippen LogP contribution in [0.2, 0.25) is 0 Å². The molecular formula is C23H23NO6S. The fraction of sp³-hybridized carbons (Fsp3) is 0.261. The lowest BCUT2D eigenvalue weighted by molar-refractivity contribution is 0.213. The lowest BCUT2D eigenvalue weighted by Crippen LogP contribution is -2.31. The minimum atomic E-state index is -3.66. The molecule has 3 aromatic rings. The van der Waals surface area contributed by atoms with Crippen LogP contribution in [0, 0.1) is 13.8 Å². The first-order valence-electron chi connectivity index (χ1n) is 9.93. The van der Waals surface area contributed by atoms with Crippen LogP contribution in [-0.2, 0) is 10.0 Å². The molecule has 0 saturated carbocycles. The molecule has 1 atom stereocenters. The monoisotopic (exact) mass is 441 g/mol. The Labute approximate surface area is 180 Å². The van der Waals surface area contributed by atoms with E-state index in [0.29, 0.717) is 36.0 Å². The minimum absolute atomic E-state index is 0.195. The molecule has 0 aliphatic carbocycles. The maximum absolute atomic E-state index is 13.0. The van der Waals surface area contributed by atoms with E-state index in [4.69, 9.17) is 13.9 Å². The first-order valence-corrected chi connectivity index (χ1v) is 11.4. The van der Waals surface area contributed by atoms with Crippen molar-refractivity contribution in [3.63, 3.8) is 0 Å². The number of sulfonamides is 1. The number of nitrogens with zero attached hydrogens (tertiary/aromatic N) is 1. The Balaban J connectivity index is 1.43. The summed E-state index contributed by atoms with van der Waals surface area (Å²) < 4.78 is 44.0. The highest BCUT2D eigenvalue weighted by Gasteiger charge is 2.33. The van der Waals surface area contributed by atoms with E-state index in [2.05, 4.69) is 0 Å². The molecule has 2 aromatic carbocycles. The third kappa shape index (κ3) is 4.98. The van der Waals surface area contributed by atoms with Gasteiger partial charge in [0, 0.05) is 12.6 Å². The zero-order valence-electron chi connectivity index (χ0n) is 17.3. The van der Waals surface area contributed by atoms with E-state index < -0.39 is 15.6 Å². The summed E-state index contributed by atoms with van der Waals surface area (Å²) in [5, 5.41) is 0. The summed E-state index contributed by atoms with van der Waals surface area (Å²) in [7, 11) is -3.66. The van der Waals surface area contributed by atoms with Gasteiger partial charge in [-0.1, -0.05) is 12.1 Å². The Morgan fingerprint density at radius 2 is 1.74 bits per heavy atom. The topological polar surface area (TPSA) is 86.1 Å². The lowest BCUT2D eigenvalue weighted by Gasteiger charge is -2.17. The maximum atomic E-state index is 13.0. The third-order valence-electron chi connectivity index (χ3n) is 4.96. The molecule has 31 heavy (non-hydrogen) atoms. The van der Waals surface area contributed by atoms with Crippen molar-refractivity contribution in [1.82, 2.24) is 4.31 Å². The van der Waals surface area contributed by atoms with E-state index in [1.54, 1.807) is 37.3 Å². The third-order valence-corrected chi connectivity index (χ3v) is 6.84. The Hall–Kier alpha value is -3.10. The van der Waals surface area contributed by atoms with Crippen molar-refractivity contribution in [2.45, 2.75) is 31.3 Å². The van der Waals surface area contributed by atoms with Gasteiger partial charge in [-0.05, 0) is 62.2 Å². The van der Waals surface area contributed by atoms with Gasteiger partial charge in [0.25, 0.3) is 0 Å². The molecule has 7 nitrogen and oxygen atoms in total. The van der Waals surface area contributed by atoms with Gasteiger partial charge >= 0.3 is 5.63 Å². The van der Waals surface area contributed by atoms with Crippen molar-refractivity contribution < 1.29 is 22.3 Å².